The molecule has 1 atom stereocenters. The lowest BCUT2D eigenvalue weighted by atomic mass is 9.86. The number of allylic oxidation sites excluding steroid dienone is 1. The lowest BCUT2D eigenvalue weighted by Crippen LogP contribution is -2.52. The van der Waals surface area contributed by atoms with Gasteiger partial charge in [-0.2, -0.15) is 0 Å². The van der Waals surface area contributed by atoms with Crippen LogP contribution in [0.4, 0.5) is 10.5 Å². The number of nitrogens with one attached hydrogen (secondary N) is 1. The van der Waals surface area contributed by atoms with Crippen LogP contribution in [-0.2, 0) is 11.2 Å². The molecule has 3 aliphatic heterocycles. The van der Waals surface area contributed by atoms with Gasteiger partial charge in [0.25, 0.3) is 0 Å². The second-order valence-corrected chi connectivity index (χ2v) is 10.3. The number of nitrogens with zero attached hydrogens (tertiary/aromatic N) is 2. The molecule has 1 amide bonds. The molecule has 198 valence electrons. The van der Waals surface area contributed by atoms with Crippen molar-refractivity contribution in [3.8, 4) is 11.1 Å². The number of oxazole rings is 1. The molecule has 3 saturated heterocycles. The highest BCUT2D eigenvalue weighted by Crippen LogP contribution is 2.32. The van der Waals surface area contributed by atoms with E-state index in [2.05, 4.69) is 21.3 Å². The Kier molecular flexibility index (Phi) is 7.23. The van der Waals surface area contributed by atoms with Gasteiger partial charge in [0.05, 0.1) is 5.69 Å². The predicted octanol–water partition coefficient (Wildman–Crippen LogP) is 6.60. The topological polar surface area (TPSA) is 84.7 Å². The minimum absolute atomic E-state index is 0.0485. The molecule has 0 aliphatic carbocycles. The Balaban J connectivity index is 1.15. The summed E-state index contributed by atoms with van der Waals surface area (Å²) in [6.45, 7) is 3.03. The zero-order chi connectivity index (χ0) is 26.6. The molecule has 39 heavy (non-hydrogen) atoms. The number of carbonyl (C=O) groups is 2. The van der Waals surface area contributed by atoms with Gasteiger partial charge in [-0.25, -0.2) is 9.78 Å². The Hall–Kier alpha value is -4.23. The van der Waals surface area contributed by atoms with Crippen molar-refractivity contribution in [2.75, 3.05) is 25.0 Å². The molecule has 0 saturated carbocycles. The maximum atomic E-state index is 13.0. The number of hydrogen-bond acceptors (Lipinski definition) is 6. The van der Waals surface area contributed by atoms with Gasteiger partial charge in [-0.1, -0.05) is 54.6 Å². The molecule has 3 aliphatic rings. The standard InChI is InChI=1S/C32H31N3O4/c36-21-23-11-13-27-29(19-23)38-31(33-27)9-5-4-6-22-10-12-26(24-7-2-1-3-8-24)28(18-22)34-32(37)39-30-20-35-16-14-25(30)15-17-35/h1-4,6-8,10-13,18-19,21,25,30H,5,9,14-17,20H2,(H,34,37)/b6-4+/t30-/m0/s1. The Labute approximate surface area is 227 Å². The Morgan fingerprint density at radius 2 is 1.87 bits per heavy atom. The molecule has 0 unspecified atom stereocenters. The van der Waals surface area contributed by atoms with E-state index in [0.717, 1.165) is 73.1 Å². The van der Waals surface area contributed by atoms with Crippen LogP contribution in [0.1, 0.15) is 41.1 Å². The molecule has 1 N–H and O–H groups in total. The van der Waals surface area contributed by atoms with Crippen molar-refractivity contribution in [3.05, 3.63) is 89.8 Å². The molecule has 3 fully saturated rings. The SMILES string of the molecule is O=Cc1ccc2nc(CC/C=C/c3ccc(-c4ccccc4)c(NC(=O)O[C@H]4CN5CCC4CC5)c3)oc2c1. The first-order chi connectivity index (χ1) is 19.1. The Morgan fingerprint density at radius 1 is 1.05 bits per heavy atom. The number of hydrogen-bond donors (Lipinski definition) is 1. The molecule has 0 radical (unpaired) electrons. The fourth-order valence-electron chi connectivity index (χ4n) is 5.56. The highest BCUT2D eigenvalue weighted by molar-refractivity contribution is 5.92. The van der Waals surface area contributed by atoms with Gasteiger partial charge in [0.15, 0.2) is 11.5 Å². The van der Waals surface area contributed by atoms with Crippen LogP contribution < -0.4 is 5.32 Å². The average Bonchev–Trinajstić information content (AvgIpc) is 3.38. The van der Waals surface area contributed by atoms with Gasteiger partial charge in [0.1, 0.15) is 17.9 Å². The summed E-state index contributed by atoms with van der Waals surface area (Å²) in [6.07, 6.45) is 8.01. The molecule has 4 heterocycles. The predicted molar refractivity (Wildman–Crippen MR) is 152 cm³/mol. The second-order valence-electron chi connectivity index (χ2n) is 10.3. The smallest absolute Gasteiger partial charge is 0.411 e. The summed E-state index contributed by atoms with van der Waals surface area (Å²) in [7, 11) is 0. The number of piperidine rings is 3. The van der Waals surface area contributed by atoms with E-state index in [4.69, 9.17) is 9.15 Å². The van der Waals surface area contributed by atoms with Crippen molar-refractivity contribution in [2.24, 2.45) is 5.92 Å². The molecule has 3 aromatic carbocycles. The Morgan fingerprint density at radius 3 is 2.64 bits per heavy atom. The van der Waals surface area contributed by atoms with E-state index in [-0.39, 0.29) is 6.10 Å². The third-order valence-corrected chi connectivity index (χ3v) is 7.65. The van der Waals surface area contributed by atoms with Crippen LogP contribution in [0.5, 0.6) is 0 Å². The number of rotatable bonds is 8. The lowest BCUT2D eigenvalue weighted by molar-refractivity contribution is -0.0289. The second kappa shape index (κ2) is 11.3. The van der Waals surface area contributed by atoms with Gasteiger partial charge >= 0.3 is 6.09 Å². The summed E-state index contributed by atoms with van der Waals surface area (Å²) in [5.41, 5.74) is 5.61. The summed E-state index contributed by atoms with van der Waals surface area (Å²) >= 11 is 0. The number of aldehydes is 1. The van der Waals surface area contributed by atoms with Crippen LogP contribution in [0.3, 0.4) is 0 Å². The molecule has 7 nitrogen and oxygen atoms in total. The van der Waals surface area contributed by atoms with E-state index in [9.17, 15) is 9.59 Å². The van der Waals surface area contributed by atoms with Crippen LogP contribution in [0.15, 0.2) is 77.2 Å². The summed E-state index contributed by atoms with van der Waals surface area (Å²) in [4.78, 5) is 30.9. The van der Waals surface area contributed by atoms with Crippen molar-refractivity contribution in [1.29, 1.82) is 0 Å². The molecule has 2 bridgehead atoms. The highest BCUT2D eigenvalue weighted by Gasteiger charge is 2.36. The molecule has 1 aromatic heterocycles. The molecule has 4 aromatic rings. The normalized spacial score (nSPS) is 20.4. The largest absolute Gasteiger partial charge is 0.444 e. The minimum atomic E-state index is -0.402. The molecule has 7 rings (SSSR count). The van der Waals surface area contributed by atoms with Gasteiger partial charge in [-0.3, -0.25) is 15.0 Å². The average molecular weight is 522 g/mol. The third-order valence-electron chi connectivity index (χ3n) is 7.65. The van der Waals surface area contributed by atoms with Crippen molar-refractivity contribution in [2.45, 2.75) is 31.8 Å². The van der Waals surface area contributed by atoms with Gasteiger partial charge < -0.3 is 9.15 Å². The van der Waals surface area contributed by atoms with Crippen molar-refractivity contribution < 1.29 is 18.7 Å². The van der Waals surface area contributed by atoms with Crippen LogP contribution in [-0.4, -0.2) is 48.0 Å². The number of benzene rings is 3. The number of fused-ring (bicyclic) bond motifs is 4. The fourth-order valence-corrected chi connectivity index (χ4v) is 5.56. The maximum Gasteiger partial charge on any atom is 0.411 e. The number of ether oxygens (including phenoxy) is 1. The number of aryl methyl sites for hydroxylation is 1. The number of amides is 1. The lowest BCUT2D eigenvalue weighted by Gasteiger charge is -2.43. The number of anilines is 1. The summed E-state index contributed by atoms with van der Waals surface area (Å²) in [5.74, 6) is 1.09. The van der Waals surface area contributed by atoms with E-state index in [1.54, 1.807) is 18.2 Å². The number of carbonyl (C=O) groups excluding carboxylic acids is 2. The summed E-state index contributed by atoms with van der Waals surface area (Å²) < 4.78 is 11.7. The van der Waals surface area contributed by atoms with Gasteiger partial charge in [-0.05, 0) is 73.7 Å². The zero-order valence-corrected chi connectivity index (χ0v) is 21.7. The van der Waals surface area contributed by atoms with E-state index in [1.807, 2.05) is 54.6 Å². The van der Waals surface area contributed by atoms with E-state index < -0.39 is 6.09 Å². The third kappa shape index (κ3) is 5.78. The first-order valence-corrected chi connectivity index (χ1v) is 13.6. The first-order valence-electron chi connectivity index (χ1n) is 13.6. The summed E-state index contributed by atoms with van der Waals surface area (Å²) in [5, 5.41) is 3.03. The van der Waals surface area contributed by atoms with E-state index in [1.165, 1.54) is 0 Å². The van der Waals surface area contributed by atoms with E-state index in [0.29, 0.717) is 29.4 Å². The van der Waals surface area contributed by atoms with Crippen molar-refractivity contribution >= 4 is 35.2 Å². The highest BCUT2D eigenvalue weighted by atomic mass is 16.6. The van der Waals surface area contributed by atoms with Gasteiger partial charge in [0, 0.05) is 24.1 Å². The monoisotopic (exact) mass is 521 g/mol. The fraction of sp³-hybridized carbons (Fsp3) is 0.281. The van der Waals surface area contributed by atoms with Crippen LogP contribution in [0.25, 0.3) is 28.3 Å². The maximum absolute atomic E-state index is 13.0. The molecule has 7 heteroatoms. The number of aromatic nitrogens is 1. The zero-order valence-electron chi connectivity index (χ0n) is 21.7. The van der Waals surface area contributed by atoms with Crippen LogP contribution in [0, 0.1) is 5.92 Å². The van der Waals surface area contributed by atoms with Gasteiger partial charge in [0.2, 0.25) is 0 Å². The first kappa shape index (κ1) is 25.1. The molecule has 0 spiro atoms. The van der Waals surface area contributed by atoms with Crippen molar-refractivity contribution in [3.63, 3.8) is 0 Å². The quantitative estimate of drug-likeness (QED) is 0.263. The van der Waals surface area contributed by atoms with Gasteiger partial charge in [-0.15, -0.1) is 0 Å². The Bertz CT molecular complexity index is 1500. The molecular weight excluding hydrogens is 490 g/mol. The van der Waals surface area contributed by atoms with Crippen molar-refractivity contribution in [1.82, 2.24) is 9.88 Å². The van der Waals surface area contributed by atoms with Crippen LogP contribution >= 0.6 is 0 Å². The van der Waals surface area contributed by atoms with E-state index >= 15 is 0 Å². The summed E-state index contributed by atoms with van der Waals surface area (Å²) in [6, 6.07) is 21.3. The minimum Gasteiger partial charge on any atom is -0.444 e. The molecular formula is C32H31N3O4. The van der Waals surface area contributed by atoms with Crippen LogP contribution in [0.2, 0.25) is 0 Å².